The lowest BCUT2D eigenvalue weighted by atomic mass is 10.1. The van der Waals surface area contributed by atoms with Gasteiger partial charge in [0, 0.05) is 0 Å². The lowest BCUT2D eigenvalue weighted by Gasteiger charge is -2.21. The van der Waals surface area contributed by atoms with Crippen LogP contribution in [-0.2, 0) is 4.79 Å². The van der Waals surface area contributed by atoms with E-state index in [1.807, 2.05) is 58.0 Å². The van der Waals surface area contributed by atoms with Gasteiger partial charge in [-0.15, -0.1) is 0 Å². The van der Waals surface area contributed by atoms with E-state index in [1.54, 1.807) is 14.0 Å². The van der Waals surface area contributed by atoms with Gasteiger partial charge in [0.2, 0.25) is 0 Å². The maximum atomic E-state index is 12.5. The highest BCUT2D eigenvalue weighted by atomic mass is 16.5. The molecule has 4 nitrogen and oxygen atoms in total. The molecule has 25 heavy (non-hydrogen) atoms. The fraction of sp³-hybridized carbons (Fsp3) is 0.381. The first-order valence-corrected chi connectivity index (χ1v) is 8.50. The molecule has 1 amide bonds. The first kappa shape index (κ1) is 18.8. The van der Waals surface area contributed by atoms with Crippen LogP contribution in [0.25, 0.3) is 0 Å². The Morgan fingerprint density at radius 2 is 1.68 bits per heavy atom. The van der Waals surface area contributed by atoms with Gasteiger partial charge < -0.3 is 14.8 Å². The highest BCUT2D eigenvalue weighted by Gasteiger charge is 2.19. The molecule has 0 aromatic heterocycles. The molecule has 0 fully saturated rings. The van der Waals surface area contributed by atoms with Crippen molar-refractivity contribution in [2.75, 3.05) is 7.11 Å². The van der Waals surface area contributed by atoms with Gasteiger partial charge in [-0.25, -0.2) is 0 Å². The van der Waals surface area contributed by atoms with Crippen LogP contribution in [-0.4, -0.2) is 19.1 Å². The second kappa shape index (κ2) is 8.06. The van der Waals surface area contributed by atoms with Crippen LogP contribution in [0, 0.1) is 20.8 Å². The minimum atomic E-state index is -0.569. The first-order chi connectivity index (χ1) is 11.8. The normalized spacial score (nSPS) is 13.0. The van der Waals surface area contributed by atoms with Gasteiger partial charge in [-0.3, -0.25) is 4.79 Å². The molecule has 4 heteroatoms. The quantitative estimate of drug-likeness (QED) is 0.854. The van der Waals surface area contributed by atoms with E-state index >= 15 is 0 Å². The largest absolute Gasteiger partial charge is 0.497 e. The number of aryl methyl sites for hydroxylation is 2. The van der Waals surface area contributed by atoms with Crippen LogP contribution in [0.5, 0.6) is 11.5 Å². The Morgan fingerprint density at radius 1 is 1.04 bits per heavy atom. The standard InChI is InChI=1S/C21H27NO3/c1-13-11-14(2)15(3)20(12-13)25-17(5)21(23)22-16(4)18-7-9-19(24-6)10-8-18/h7-12,16-17H,1-6H3,(H,22,23). The average Bonchev–Trinajstić information content (AvgIpc) is 2.59. The van der Waals surface area contributed by atoms with Gasteiger partial charge in [0.15, 0.2) is 6.10 Å². The zero-order valence-electron chi connectivity index (χ0n) is 15.8. The van der Waals surface area contributed by atoms with E-state index in [0.29, 0.717) is 0 Å². The van der Waals surface area contributed by atoms with Crippen molar-refractivity contribution in [2.24, 2.45) is 0 Å². The summed E-state index contributed by atoms with van der Waals surface area (Å²) in [5.41, 5.74) is 4.36. The molecule has 0 aliphatic heterocycles. The van der Waals surface area contributed by atoms with Crippen LogP contribution < -0.4 is 14.8 Å². The van der Waals surface area contributed by atoms with Crippen LogP contribution in [0.4, 0.5) is 0 Å². The van der Waals surface area contributed by atoms with E-state index < -0.39 is 6.10 Å². The van der Waals surface area contributed by atoms with Gasteiger partial charge in [-0.2, -0.15) is 0 Å². The molecule has 2 unspecified atom stereocenters. The third kappa shape index (κ3) is 4.75. The average molecular weight is 341 g/mol. The van der Waals surface area contributed by atoms with Crippen molar-refractivity contribution in [3.8, 4) is 11.5 Å². The number of methoxy groups -OCH3 is 1. The number of amides is 1. The van der Waals surface area contributed by atoms with E-state index in [4.69, 9.17) is 9.47 Å². The summed E-state index contributed by atoms with van der Waals surface area (Å²) >= 11 is 0. The van der Waals surface area contributed by atoms with Gasteiger partial charge in [0.05, 0.1) is 13.2 Å². The molecule has 2 aromatic rings. The summed E-state index contributed by atoms with van der Waals surface area (Å²) in [6.45, 7) is 9.80. The molecule has 2 rings (SSSR count). The van der Waals surface area contributed by atoms with Crippen molar-refractivity contribution in [1.29, 1.82) is 0 Å². The maximum absolute atomic E-state index is 12.5. The van der Waals surface area contributed by atoms with E-state index in [2.05, 4.69) is 11.4 Å². The summed E-state index contributed by atoms with van der Waals surface area (Å²) in [7, 11) is 1.63. The van der Waals surface area contributed by atoms with Crippen LogP contribution in [0.15, 0.2) is 36.4 Å². The summed E-state index contributed by atoms with van der Waals surface area (Å²) in [6.07, 6.45) is -0.569. The van der Waals surface area contributed by atoms with Crippen LogP contribution in [0.2, 0.25) is 0 Å². The predicted molar refractivity (Wildman–Crippen MR) is 100 cm³/mol. The van der Waals surface area contributed by atoms with Gasteiger partial charge in [0.1, 0.15) is 11.5 Å². The number of nitrogens with one attached hydrogen (secondary N) is 1. The molecule has 0 saturated carbocycles. The molecule has 0 bridgehead atoms. The van der Waals surface area contributed by atoms with Crippen molar-refractivity contribution in [1.82, 2.24) is 5.32 Å². The van der Waals surface area contributed by atoms with E-state index in [-0.39, 0.29) is 11.9 Å². The van der Waals surface area contributed by atoms with Gasteiger partial charge in [-0.1, -0.05) is 18.2 Å². The number of ether oxygens (including phenoxy) is 2. The van der Waals surface area contributed by atoms with Crippen molar-refractivity contribution in [3.05, 3.63) is 58.7 Å². The molecule has 0 aliphatic carbocycles. The minimum absolute atomic E-state index is 0.107. The summed E-state index contributed by atoms with van der Waals surface area (Å²) in [6, 6.07) is 11.6. The lowest BCUT2D eigenvalue weighted by Crippen LogP contribution is -2.37. The molecule has 0 saturated heterocycles. The third-order valence-corrected chi connectivity index (χ3v) is 4.41. The molecular formula is C21H27NO3. The zero-order chi connectivity index (χ0) is 18.6. The highest BCUT2D eigenvalue weighted by molar-refractivity contribution is 5.81. The Labute approximate surface area is 150 Å². The minimum Gasteiger partial charge on any atom is -0.497 e. The Bertz CT molecular complexity index is 738. The molecule has 0 aliphatic rings. The monoisotopic (exact) mass is 341 g/mol. The van der Waals surface area contributed by atoms with E-state index in [1.165, 1.54) is 0 Å². The van der Waals surface area contributed by atoms with Crippen molar-refractivity contribution in [2.45, 2.75) is 46.8 Å². The Morgan fingerprint density at radius 3 is 2.28 bits per heavy atom. The second-order valence-corrected chi connectivity index (χ2v) is 6.47. The number of rotatable bonds is 6. The van der Waals surface area contributed by atoms with Crippen molar-refractivity contribution >= 4 is 5.91 Å². The molecule has 134 valence electrons. The van der Waals surface area contributed by atoms with Gasteiger partial charge >= 0.3 is 0 Å². The topological polar surface area (TPSA) is 47.6 Å². The first-order valence-electron chi connectivity index (χ1n) is 8.50. The number of hydrogen-bond acceptors (Lipinski definition) is 3. The van der Waals surface area contributed by atoms with Crippen LogP contribution >= 0.6 is 0 Å². The maximum Gasteiger partial charge on any atom is 0.261 e. The van der Waals surface area contributed by atoms with Crippen LogP contribution in [0.1, 0.15) is 42.1 Å². The number of hydrogen-bond donors (Lipinski definition) is 1. The van der Waals surface area contributed by atoms with Gasteiger partial charge in [-0.05, 0) is 75.1 Å². The van der Waals surface area contributed by atoms with Crippen LogP contribution in [0.3, 0.4) is 0 Å². The van der Waals surface area contributed by atoms with Gasteiger partial charge in [0.25, 0.3) is 5.91 Å². The zero-order valence-corrected chi connectivity index (χ0v) is 15.8. The summed E-state index contributed by atoms with van der Waals surface area (Å²) < 4.78 is 11.1. The molecule has 1 N–H and O–H groups in total. The molecule has 0 radical (unpaired) electrons. The number of carbonyl (C=O) groups is 1. The fourth-order valence-electron chi connectivity index (χ4n) is 2.67. The molecule has 2 atom stereocenters. The molecule has 2 aromatic carbocycles. The number of benzene rings is 2. The Hall–Kier alpha value is -2.49. The highest BCUT2D eigenvalue weighted by Crippen LogP contribution is 2.24. The summed E-state index contributed by atoms with van der Waals surface area (Å²) in [5.74, 6) is 1.42. The summed E-state index contributed by atoms with van der Waals surface area (Å²) in [5, 5.41) is 3.00. The Balaban J connectivity index is 2.02. The SMILES string of the molecule is COc1ccc(C(C)NC(=O)C(C)Oc2cc(C)cc(C)c2C)cc1. The third-order valence-electron chi connectivity index (χ3n) is 4.41. The smallest absolute Gasteiger partial charge is 0.261 e. The van der Waals surface area contributed by atoms with Crippen molar-refractivity contribution < 1.29 is 14.3 Å². The fourth-order valence-corrected chi connectivity index (χ4v) is 2.67. The second-order valence-electron chi connectivity index (χ2n) is 6.47. The van der Waals surface area contributed by atoms with Crippen molar-refractivity contribution in [3.63, 3.8) is 0 Å². The predicted octanol–water partition coefficient (Wildman–Crippen LogP) is 4.27. The lowest BCUT2D eigenvalue weighted by molar-refractivity contribution is -0.127. The Kier molecular flexibility index (Phi) is 6.07. The molecule has 0 spiro atoms. The molecule has 0 heterocycles. The van der Waals surface area contributed by atoms with E-state index in [9.17, 15) is 4.79 Å². The number of carbonyl (C=O) groups excluding carboxylic acids is 1. The summed E-state index contributed by atoms with van der Waals surface area (Å²) in [4.78, 5) is 12.5. The van der Waals surface area contributed by atoms with E-state index in [0.717, 1.165) is 33.8 Å². The molecular weight excluding hydrogens is 314 g/mol.